The van der Waals surface area contributed by atoms with E-state index in [1.165, 1.54) is 0 Å². The fourth-order valence-corrected chi connectivity index (χ4v) is 8.38. The Labute approximate surface area is 282 Å². The van der Waals surface area contributed by atoms with Crippen molar-refractivity contribution in [2.24, 2.45) is 0 Å². The number of fused-ring (bicyclic) bond motifs is 6. The van der Waals surface area contributed by atoms with Crippen LogP contribution in [0, 0.1) is 11.3 Å². The number of pyridine rings is 1. The summed E-state index contributed by atoms with van der Waals surface area (Å²) in [7, 11) is 0. The Morgan fingerprint density at radius 2 is 1.08 bits per heavy atom. The summed E-state index contributed by atoms with van der Waals surface area (Å²) in [5.74, 6) is -0.0506. The van der Waals surface area contributed by atoms with Gasteiger partial charge in [-0.25, -0.2) is 4.98 Å². The summed E-state index contributed by atoms with van der Waals surface area (Å²) in [6, 6.07) is 54.3. The van der Waals surface area contributed by atoms with E-state index in [4.69, 9.17) is 4.98 Å². The number of hydrogen-bond donors (Lipinski definition) is 0. The van der Waals surface area contributed by atoms with Gasteiger partial charge in [0.2, 0.25) is 0 Å². The van der Waals surface area contributed by atoms with Crippen molar-refractivity contribution in [3.05, 3.63) is 190 Å². The maximum absolute atomic E-state index is 15.0. The van der Waals surface area contributed by atoms with Crippen LogP contribution in [0.4, 0.5) is 0 Å². The zero-order chi connectivity index (χ0) is 32.6. The third-order valence-electron chi connectivity index (χ3n) is 10.4. The second-order valence-corrected chi connectivity index (χ2v) is 12.9. The van der Waals surface area contributed by atoms with Crippen molar-refractivity contribution in [2.75, 3.05) is 0 Å². The average Bonchev–Trinajstić information content (AvgIpc) is 3.53. The number of benzene rings is 7. The van der Waals surface area contributed by atoms with Crippen molar-refractivity contribution < 1.29 is 0 Å². The van der Waals surface area contributed by atoms with Crippen molar-refractivity contribution in [2.45, 2.75) is 11.8 Å². The lowest BCUT2D eigenvalue weighted by Gasteiger charge is -2.41. The molecule has 0 aliphatic heterocycles. The van der Waals surface area contributed by atoms with Gasteiger partial charge in [-0.3, -0.25) is 9.20 Å². The van der Waals surface area contributed by atoms with E-state index in [0.717, 1.165) is 66.2 Å². The van der Waals surface area contributed by atoms with Crippen LogP contribution in [0.15, 0.2) is 156 Å². The van der Waals surface area contributed by atoms with Crippen molar-refractivity contribution in [1.82, 2.24) is 9.38 Å². The van der Waals surface area contributed by atoms with Crippen LogP contribution < -0.4 is 5.56 Å². The maximum atomic E-state index is 15.0. The molecule has 0 spiro atoms. The van der Waals surface area contributed by atoms with E-state index in [-0.39, 0.29) is 17.4 Å². The zero-order valence-corrected chi connectivity index (χ0v) is 26.3. The molecule has 2 aromatic heterocycles. The molecule has 0 radical (unpaired) electrons. The number of aromatic nitrogens is 2. The highest BCUT2D eigenvalue weighted by molar-refractivity contribution is 6.23. The largest absolute Gasteiger partial charge is 0.268 e. The van der Waals surface area contributed by atoms with Gasteiger partial charge in [0.05, 0.1) is 22.7 Å². The number of imidazole rings is 1. The van der Waals surface area contributed by atoms with Crippen LogP contribution in [-0.4, -0.2) is 9.38 Å². The van der Waals surface area contributed by atoms with Gasteiger partial charge >= 0.3 is 0 Å². The van der Waals surface area contributed by atoms with Gasteiger partial charge in [-0.15, -0.1) is 0 Å². The molecule has 2 heterocycles. The molecule has 1 aliphatic carbocycles. The summed E-state index contributed by atoms with van der Waals surface area (Å²) < 4.78 is 1.83. The van der Waals surface area contributed by atoms with E-state index in [1.54, 1.807) is 0 Å². The molecule has 228 valence electrons. The van der Waals surface area contributed by atoms with E-state index in [9.17, 15) is 10.1 Å². The molecule has 9 aromatic rings. The summed E-state index contributed by atoms with van der Waals surface area (Å²) in [5.41, 5.74) is 11.2. The van der Waals surface area contributed by atoms with Crippen molar-refractivity contribution in [1.29, 1.82) is 5.26 Å². The standard InChI is InChI=1S/C45H27N3O/c46-26-31-25-36-43(42-38(30-19-11-4-12-20-30)37(39(31)42)29-17-9-3-10-18-29)48-44(47-36)34-23-21-32(27-13-5-1-6-14-27)40-33(28-15-7-2-8-16-28)22-24-35(41(34)40)45(48)49/h1-25,37-38H. The second-order valence-electron chi connectivity index (χ2n) is 12.9. The molecular formula is C45H27N3O. The predicted molar refractivity (Wildman–Crippen MR) is 197 cm³/mol. The molecule has 0 saturated heterocycles. The summed E-state index contributed by atoms with van der Waals surface area (Å²) >= 11 is 0. The molecule has 0 saturated carbocycles. The maximum Gasteiger partial charge on any atom is 0.264 e. The Kier molecular flexibility index (Phi) is 5.88. The molecule has 10 rings (SSSR count). The molecule has 0 N–H and O–H groups in total. The first-order valence-electron chi connectivity index (χ1n) is 16.6. The Balaban J connectivity index is 1.36. The Bertz CT molecular complexity index is 2790. The van der Waals surface area contributed by atoms with Crippen LogP contribution in [0.2, 0.25) is 0 Å². The average molecular weight is 626 g/mol. The van der Waals surface area contributed by atoms with Crippen molar-refractivity contribution in [3.8, 4) is 28.3 Å². The smallest absolute Gasteiger partial charge is 0.264 e. The topological polar surface area (TPSA) is 58.2 Å². The van der Waals surface area contributed by atoms with Gasteiger partial charge in [0.1, 0.15) is 5.65 Å². The van der Waals surface area contributed by atoms with Gasteiger partial charge in [0.15, 0.2) is 0 Å². The van der Waals surface area contributed by atoms with E-state index in [0.29, 0.717) is 22.1 Å². The van der Waals surface area contributed by atoms with Crippen LogP contribution in [0.25, 0.3) is 60.5 Å². The summed E-state index contributed by atoms with van der Waals surface area (Å²) in [5, 5.41) is 14.0. The van der Waals surface area contributed by atoms with Gasteiger partial charge in [0.25, 0.3) is 5.56 Å². The Hall–Kier alpha value is -6.57. The first-order chi connectivity index (χ1) is 24.2. The van der Waals surface area contributed by atoms with Crippen LogP contribution in [0.3, 0.4) is 0 Å². The Morgan fingerprint density at radius 1 is 0.571 bits per heavy atom. The summed E-state index contributed by atoms with van der Waals surface area (Å²) in [4.78, 5) is 20.2. The number of nitrogens with zero attached hydrogens (tertiary/aromatic N) is 3. The molecule has 0 fully saturated rings. The molecule has 1 aliphatic rings. The van der Waals surface area contributed by atoms with Gasteiger partial charge in [-0.05, 0) is 68.1 Å². The first kappa shape index (κ1) is 27.5. The second kappa shape index (κ2) is 10.5. The number of rotatable bonds is 4. The van der Waals surface area contributed by atoms with Gasteiger partial charge in [-0.2, -0.15) is 5.26 Å². The molecule has 49 heavy (non-hydrogen) atoms. The minimum atomic E-state index is -0.0956. The molecule has 4 heteroatoms. The molecule has 0 bridgehead atoms. The van der Waals surface area contributed by atoms with Crippen LogP contribution in [-0.2, 0) is 0 Å². The van der Waals surface area contributed by atoms with Gasteiger partial charge < -0.3 is 0 Å². The first-order valence-corrected chi connectivity index (χ1v) is 16.6. The minimum Gasteiger partial charge on any atom is -0.268 e. The highest BCUT2D eigenvalue weighted by Crippen LogP contribution is 2.57. The van der Waals surface area contributed by atoms with Crippen LogP contribution in [0.1, 0.15) is 39.7 Å². The summed E-state index contributed by atoms with van der Waals surface area (Å²) in [6.45, 7) is 0. The van der Waals surface area contributed by atoms with E-state index in [2.05, 4.69) is 97.1 Å². The van der Waals surface area contributed by atoms with E-state index < -0.39 is 0 Å². The molecule has 2 unspecified atom stereocenters. The Morgan fingerprint density at radius 3 is 1.63 bits per heavy atom. The number of hydrogen-bond acceptors (Lipinski definition) is 3. The predicted octanol–water partition coefficient (Wildman–Crippen LogP) is 10.1. The highest BCUT2D eigenvalue weighted by Gasteiger charge is 2.44. The quantitative estimate of drug-likeness (QED) is 0.196. The number of nitriles is 1. The molecule has 7 aromatic carbocycles. The molecular weight excluding hydrogens is 599 g/mol. The zero-order valence-electron chi connectivity index (χ0n) is 26.3. The normalized spacial score (nSPS) is 15.4. The van der Waals surface area contributed by atoms with Crippen molar-refractivity contribution in [3.63, 3.8) is 0 Å². The molecule has 2 atom stereocenters. The fraction of sp³-hybridized carbons (Fsp3) is 0.0444. The van der Waals surface area contributed by atoms with Crippen molar-refractivity contribution >= 4 is 38.2 Å². The van der Waals surface area contributed by atoms with E-state index >= 15 is 0 Å². The molecule has 4 nitrogen and oxygen atoms in total. The highest BCUT2D eigenvalue weighted by atomic mass is 16.1. The SMILES string of the molecule is N#Cc1cc2nc3c4ccc(-c5ccccc5)c5c(-c6ccccc6)ccc(c(=O)n3c2c2c1C(c1ccccc1)C2c1ccccc1)c54. The van der Waals surface area contributed by atoms with Gasteiger partial charge in [-0.1, -0.05) is 133 Å². The van der Waals surface area contributed by atoms with Gasteiger partial charge in [0, 0.05) is 28.0 Å². The lowest BCUT2D eigenvalue weighted by atomic mass is 9.60. The third-order valence-corrected chi connectivity index (χ3v) is 10.4. The monoisotopic (exact) mass is 625 g/mol. The minimum absolute atomic E-state index is 0.0138. The third kappa shape index (κ3) is 3.85. The van der Waals surface area contributed by atoms with E-state index in [1.807, 2.05) is 65.1 Å². The summed E-state index contributed by atoms with van der Waals surface area (Å²) in [6.07, 6.45) is 0. The van der Waals surface area contributed by atoms with Crippen LogP contribution in [0.5, 0.6) is 0 Å². The van der Waals surface area contributed by atoms with Crippen LogP contribution >= 0.6 is 0 Å². The fourth-order valence-electron chi connectivity index (χ4n) is 8.38. The molecule has 0 amide bonds. The lowest BCUT2D eigenvalue weighted by Crippen LogP contribution is -2.29. The lowest BCUT2D eigenvalue weighted by molar-refractivity contribution is 0.609.